The van der Waals surface area contributed by atoms with Crippen LogP contribution in [-0.4, -0.2) is 44.3 Å². The highest BCUT2D eigenvalue weighted by atomic mass is 16.5. The highest BCUT2D eigenvalue weighted by Crippen LogP contribution is 2.06. The largest absolute Gasteiger partial charge is 0.380 e. The number of rotatable bonds is 8. The number of nitrogens with two attached hydrogens (primary N) is 1. The minimum Gasteiger partial charge on any atom is -0.380 e. The average Bonchev–Trinajstić information content (AvgIpc) is 2.19. The molecule has 0 amide bonds. The predicted molar refractivity (Wildman–Crippen MR) is 61.5 cm³/mol. The molecule has 0 bridgehead atoms. The van der Waals surface area contributed by atoms with Gasteiger partial charge in [-0.25, -0.2) is 0 Å². The second kappa shape index (κ2) is 8.21. The molecule has 2 N–H and O–H groups in total. The fourth-order valence-electron chi connectivity index (χ4n) is 1.54. The van der Waals surface area contributed by atoms with Crippen molar-refractivity contribution in [3.8, 4) is 0 Å². The standard InChI is InChI=1S/C11H26N2O/c1-5-6-10(2)13(3)8-7-11(9-12)14-4/h10-11H,5-9,12H2,1-4H3. The Kier molecular flexibility index (Phi) is 8.14. The fourth-order valence-corrected chi connectivity index (χ4v) is 1.54. The Hall–Kier alpha value is -0.120. The van der Waals surface area contributed by atoms with Crippen molar-refractivity contribution in [1.82, 2.24) is 4.90 Å². The van der Waals surface area contributed by atoms with Crippen LogP contribution in [0.3, 0.4) is 0 Å². The van der Waals surface area contributed by atoms with E-state index >= 15 is 0 Å². The van der Waals surface area contributed by atoms with Gasteiger partial charge in [-0.3, -0.25) is 0 Å². The van der Waals surface area contributed by atoms with Gasteiger partial charge in [0.15, 0.2) is 0 Å². The molecule has 0 aliphatic heterocycles. The summed E-state index contributed by atoms with van der Waals surface area (Å²) in [6.07, 6.45) is 3.75. The summed E-state index contributed by atoms with van der Waals surface area (Å²) in [6, 6.07) is 0.662. The molecule has 0 aromatic carbocycles. The maximum atomic E-state index is 5.56. The van der Waals surface area contributed by atoms with E-state index in [4.69, 9.17) is 10.5 Å². The van der Waals surface area contributed by atoms with E-state index in [0.29, 0.717) is 12.6 Å². The highest BCUT2D eigenvalue weighted by molar-refractivity contribution is 4.66. The zero-order chi connectivity index (χ0) is 11.0. The molecule has 3 heteroatoms. The molecule has 0 aliphatic carbocycles. The smallest absolute Gasteiger partial charge is 0.0705 e. The van der Waals surface area contributed by atoms with Crippen LogP contribution >= 0.6 is 0 Å². The van der Waals surface area contributed by atoms with E-state index in [-0.39, 0.29) is 6.10 Å². The second-order valence-electron chi connectivity index (χ2n) is 4.00. The van der Waals surface area contributed by atoms with Gasteiger partial charge in [-0.15, -0.1) is 0 Å². The maximum absolute atomic E-state index is 5.56. The van der Waals surface area contributed by atoms with Gasteiger partial charge in [-0.2, -0.15) is 0 Å². The summed E-state index contributed by atoms with van der Waals surface area (Å²) in [4.78, 5) is 2.38. The third-order valence-corrected chi connectivity index (χ3v) is 2.86. The molecule has 0 aromatic heterocycles. The van der Waals surface area contributed by atoms with E-state index in [0.717, 1.165) is 13.0 Å². The van der Waals surface area contributed by atoms with Crippen molar-refractivity contribution in [3.63, 3.8) is 0 Å². The molecule has 0 radical (unpaired) electrons. The zero-order valence-corrected chi connectivity index (χ0v) is 10.1. The Balaban J connectivity index is 3.65. The molecule has 0 spiro atoms. The molecule has 2 atom stereocenters. The van der Waals surface area contributed by atoms with E-state index in [9.17, 15) is 0 Å². The molecule has 2 unspecified atom stereocenters. The van der Waals surface area contributed by atoms with Crippen molar-refractivity contribution in [2.24, 2.45) is 5.73 Å². The van der Waals surface area contributed by atoms with E-state index in [1.165, 1.54) is 12.8 Å². The van der Waals surface area contributed by atoms with Crippen molar-refractivity contribution < 1.29 is 4.74 Å². The zero-order valence-electron chi connectivity index (χ0n) is 10.1. The summed E-state index contributed by atoms with van der Waals surface area (Å²) in [6.45, 7) is 6.18. The van der Waals surface area contributed by atoms with E-state index in [1.807, 2.05) is 0 Å². The number of methoxy groups -OCH3 is 1. The molecule has 3 nitrogen and oxygen atoms in total. The van der Waals surface area contributed by atoms with Crippen LogP contribution in [0, 0.1) is 0 Å². The number of hydrogen-bond acceptors (Lipinski definition) is 3. The van der Waals surface area contributed by atoms with Crippen molar-refractivity contribution in [3.05, 3.63) is 0 Å². The van der Waals surface area contributed by atoms with Gasteiger partial charge in [0.2, 0.25) is 0 Å². The van der Waals surface area contributed by atoms with Crippen LogP contribution in [0.2, 0.25) is 0 Å². The topological polar surface area (TPSA) is 38.5 Å². The van der Waals surface area contributed by atoms with Gasteiger partial charge in [0.25, 0.3) is 0 Å². The third-order valence-electron chi connectivity index (χ3n) is 2.86. The van der Waals surface area contributed by atoms with E-state index in [2.05, 4.69) is 25.8 Å². The predicted octanol–water partition coefficient (Wildman–Crippen LogP) is 1.47. The first kappa shape index (κ1) is 13.9. The molecule has 0 aliphatic rings. The van der Waals surface area contributed by atoms with Crippen LogP contribution in [0.1, 0.15) is 33.1 Å². The average molecular weight is 202 g/mol. The quantitative estimate of drug-likeness (QED) is 0.648. The van der Waals surface area contributed by atoms with Crippen LogP contribution < -0.4 is 5.73 Å². The van der Waals surface area contributed by atoms with Gasteiger partial charge in [0.05, 0.1) is 6.10 Å². The normalized spacial score (nSPS) is 15.9. The first-order chi connectivity index (χ1) is 6.65. The fraction of sp³-hybridized carbons (Fsp3) is 1.00. The SMILES string of the molecule is CCCC(C)N(C)CCC(CN)OC. The number of nitrogens with zero attached hydrogens (tertiary/aromatic N) is 1. The van der Waals surface area contributed by atoms with Crippen molar-refractivity contribution >= 4 is 0 Å². The van der Waals surface area contributed by atoms with Crippen molar-refractivity contribution in [2.45, 2.75) is 45.3 Å². The Labute approximate surface area is 88.6 Å². The summed E-state index contributed by atoms with van der Waals surface area (Å²) < 4.78 is 5.24. The second-order valence-corrected chi connectivity index (χ2v) is 4.00. The van der Waals surface area contributed by atoms with E-state index < -0.39 is 0 Å². The van der Waals surface area contributed by atoms with Crippen LogP contribution in [-0.2, 0) is 4.74 Å². The molecule has 0 fully saturated rings. The lowest BCUT2D eigenvalue weighted by Crippen LogP contribution is -2.33. The highest BCUT2D eigenvalue weighted by Gasteiger charge is 2.10. The monoisotopic (exact) mass is 202 g/mol. The van der Waals surface area contributed by atoms with Crippen molar-refractivity contribution in [1.29, 1.82) is 0 Å². The Morgan fingerprint density at radius 1 is 1.36 bits per heavy atom. The molecular formula is C11H26N2O. The van der Waals surface area contributed by atoms with Gasteiger partial charge in [0.1, 0.15) is 0 Å². The minimum absolute atomic E-state index is 0.214. The summed E-state index contributed by atoms with van der Waals surface area (Å²) >= 11 is 0. The Bertz CT molecular complexity index is 126. The molecule has 86 valence electrons. The van der Waals surface area contributed by atoms with E-state index in [1.54, 1.807) is 7.11 Å². The van der Waals surface area contributed by atoms with Gasteiger partial charge < -0.3 is 15.4 Å². The van der Waals surface area contributed by atoms with Crippen LogP contribution in [0.4, 0.5) is 0 Å². The lowest BCUT2D eigenvalue weighted by molar-refractivity contribution is 0.0875. The lowest BCUT2D eigenvalue weighted by atomic mass is 10.1. The van der Waals surface area contributed by atoms with Gasteiger partial charge >= 0.3 is 0 Å². The molecule has 14 heavy (non-hydrogen) atoms. The van der Waals surface area contributed by atoms with Gasteiger partial charge in [-0.05, 0) is 26.8 Å². The van der Waals surface area contributed by atoms with Gasteiger partial charge in [-0.1, -0.05) is 13.3 Å². The number of hydrogen-bond donors (Lipinski definition) is 1. The van der Waals surface area contributed by atoms with Crippen LogP contribution in [0.15, 0.2) is 0 Å². The Morgan fingerprint density at radius 2 is 2.00 bits per heavy atom. The van der Waals surface area contributed by atoms with Crippen LogP contribution in [0.5, 0.6) is 0 Å². The summed E-state index contributed by atoms with van der Waals surface area (Å²) in [5.41, 5.74) is 5.56. The lowest BCUT2D eigenvalue weighted by Gasteiger charge is -2.25. The number of ether oxygens (including phenoxy) is 1. The molecular weight excluding hydrogens is 176 g/mol. The molecule has 0 aromatic rings. The molecule has 0 saturated carbocycles. The molecule has 0 saturated heterocycles. The first-order valence-corrected chi connectivity index (χ1v) is 5.58. The minimum atomic E-state index is 0.214. The molecule has 0 rings (SSSR count). The third kappa shape index (κ3) is 5.58. The maximum Gasteiger partial charge on any atom is 0.0705 e. The summed E-state index contributed by atoms with van der Waals surface area (Å²) in [7, 11) is 3.90. The summed E-state index contributed by atoms with van der Waals surface area (Å²) in [5, 5.41) is 0. The van der Waals surface area contributed by atoms with Gasteiger partial charge in [0, 0.05) is 26.2 Å². The Morgan fingerprint density at radius 3 is 2.43 bits per heavy atom. The molecule has 0 heterocycles. The summed E-state index contributed by atoms with van der Waals surface area (Å²) in [5.74, 6) is 0. The van der Waals surface area contributed by atoms with Crippen LogP contribution in [0.25, 0.3) is 0 Å². The van der Waals surface area contributed by atoms with Crippen molar-refractivity contribution in [2.75, 3.05) is 27.2 Å². The first-order valence-electron chi connectivity index (χ1n) is 5.58.